The van der Waals surface area contributed by atoms with Crippen molar-refractivity contribution in [2.45, 2.75) is 13.3 Å². The minimum Gasteiger partial charge on any atom is -0.469 e. The van der Waals surface area contributed by atoms with Crippen LogP contribution in [0.4, 0.5) is 5.13 Å². The van der Waals surface area contributed by atoms with E-state index in [1.54, 1.807) is 4.90 Å². The second-order valence-electron chi connectivity index (χ2n) is 5.34. The largest absolute Gasteiger partial charge is 0.469 e. The van der Waals surface area contributed by atoms with Crippen molar-refractivity contribution in [2.24, 2.45) is 5.92 Å². The molecule has 0 aliphatic carbocycles. The summed E-state index contributed by atoms with van der Waals surface area (Å²) in [4.78, 5) is 31.1. The van der Waals surface area contributed by atoms with E-state index in [1.807, 2.05) is 31.2 Å². The van der Waals surface area contributed by atoms with Crippen LogP contribution in [-0.2, 0) is 14.3 Å². The smallest absolute Gasteiger partial charge is 0.311 e. The molecule has 0 bridgehead atoms. The number of thiazole rings is 1. The van der Waals surface area contributed by atoms with E-state index in [0.717, 1.165) is 20.6 Å². The third-order valence-electron chi connectivity index (χ3n) is 3.79. The molecule has 0 spiro atoms. The van der Waals surface area contributed by atoms with Crippen molar-refractivity contribution in [3.8, 4) is 11.3 Å². The lowest BCUT2D eigenvalue weighted by Gasteiger charge is -2.12. The number of aryl methyl sites for hydroxylation is 1. The van der Waals surface area contributed by atoms with E-state index in [1.165, 1.54) is 18.4 Å². The lowest BCUT2D eigenvalue weighted by atomic mass is 10.1. The second kappa shape index (κ2) is 6.41. The van der Waals surface area contributed by atoms with E-state index in [-0.39, 0.29) is 18.3 Å². The Balaban J connectivity index is 1.87. The second-order valence-corrected chi connectivity index (χ2v) is 7.43. The number of ether oxygens (including phenoxy) is 1. The zero-order valence-corrected chi connectivity index (χ0v) is 15.1. The fourth-order valence-corrected chi connectivity index (χ4v) is 3.81. The molecular formula is C16H15BrN2O3S. The summed E-state index contributed by atoms with van der Waals surface area (Å²) >= 11 is 4.88. The number of carbonyl (C=O) groups excluding carboxylic acids is 2. The van der Waals surface area contributed by atoms with Crippen LogP contribution in [0.3, 0.4) is 0 Å². The number of hydrogen-bond acceptors (Lipinski definition) is 5. The molecule has 1 aromatic heterocycles. The molecule has 3 rings (SSSR count). The average molecular weight is 395 g/mol. The van der Waals surface area contributed by atoms with Gasteiger partial charge in [-0.2, -0.15) is 0 Å². The Bertz CT molecular complexity index is 757. The van der Waals surface area contributed by atoms with Crippen LogP contribution >= 0.6 is 27.3 Å². The van der Waals surface area contributed by atoms with Crippen LogP contribution in [0, 0.1) is 12.8 Å². The lowest BCUT2D eigenvalue weighted by Crippen LogP contribution is -2.26. The summed E-state index contributed by atoms with van der Waals surface area (Å²) < 4.78 is 5.74. The van der Waals surface area contributed by atoms with Crippen LogP contribution in [0.25, 0.3) is 11.3 Å². The topological polar surface area (TPSA) is 59.5 Å². The van der Waals surface area contributed by atoms with Crippen molar-refractivity contribution in [1.82, 2.24) is 4.98 Å². The molecule has 120 valence electrons. The number of nitrogens with zero attached hydrogens (tertiary/aromatic N) is 2. The van der Waals surface area contributed by atoms with Crippen molar-refractivity contribution >= 4 is 44.3 Å². The number of carbonyl (C=O) groups is 2. The predicted octanol–water partition coefficient (Wildman–Crippen LogP) is 3.41. The molecule has 2 heterocycles. The minimum atomic E-state index is -0.409. The van der Waals surface area contributed by atoms with Crippen molar-refractivity contribution in [1.29, 1.82) is 0 Å². The van der Waals surface area contributed by atoms with Gasteiger partial charge in [0.25, 0.3) is 0 Å². The van der Waals surface area contributed by atoms with Crippen LogP contribution in [0.2, 0.25) is 0 Å². The summed E-state index contributed by atoms with van der Waals surface area (Å²) in [5.41, 5.74) is 1.87. The molecule has 7 heteroatoms. The van der Waals surface area contributed by atoms with Crippen molar-refractivity contribution < 1.29 is 14.3 Å². The van der Waals surface area contributed by atoms with Gasteiger partial charge in [-0.15, -0.1) is 11.3 Å². The van der Waals surface area contributed by atoms with Crippen LogP contribution in [-0.4, -0.2) is 30.5 Å². The van der Waals surface area contributed by atoms with Gasteiger partial charge in [-0.05, 0) is 19.1 Å². The number of esters is 1. The van der Waals surface area contributed by atoms with Gasteiger partial charge in [-0.3, -0.25) is 14.5 Å². The SMILES string of the molecule is COC(=O)C1CC(=O)N(c2nc(-c3ccc(Br)cc3)c(C)s2)C1. The summed E-state index contributed by atoms with van der Waals surface area (Å²) in [5, 5.41) is 0.636. The van der Waals surface area contributed by atoms with E-state index < -0.39 is 5.92 Å². The zero-order valence-electron chi connectivity index (χ0n) is 12.7. The molecule has 0 N–H and O–H groups in total. The molecule has 1 aliphatic heterocycles. The van der Waals surface area contributed by atoms with Gasteiger partial charge in [0.15, 0.2) is 5.13 Å². The quantitative estimate of drug-likeness (QED) is 0.748. The number of anilines is 1. The van der Waals surface area contributed by atoms with Gasteiger partial charge in [0.2, 0.25) is 5.91 Å². The predicted molar refractivity (Wildman–Crippen MR) is 92.5 cm³/mol. The molecular weight excluding hydrogens is 380 g/mol. The Morgan fingerprint density at radius 3 is 2.74 bits per heavy atom. The molecule has 23 heavy (non-hydrogen) atoms. The maximum absolute atomic E-state index is 12.2. The highest BCUT2D eigenvalue weighted by atomic mass is 79.9. The van der Waals surface area contributed by atoms with Crippen molar-refractivity contribution in [3.63, 3.8) is 0 Å². The lowest BCUT2D eigenvalue weighted by molar-refractivity contribution is -0.145. The first-order valence-electron chi connectivity index (χ1n) is 7.11. The first kappa shape index (κ1) is 16.1. The van der Waals surface area contributed by atoms with Gasteiger partial charge in [-0.25, -0.2) is 4.98 Å². The molecule has 0 radical (unpaired) electrons. The number of benzene rings is 1. The van der Waals surface area contributed by atoms with E-state index in [0.29, 0.717) is 11.7 Å². The number of halogens is 1. The summed E-state index contributed by atoms with van der Waals surface area (Å²) in [6.45, 7) is 2.31. The zero-order chi connectivity index (χ0) is 16.6. The van der Waals surface area contributed by atoms with Crippen molar-refractivity contribution in [2.75, 3.05) is 18.6 Å². The molecule has 1 saturated heterocycles. The molecule has 1 aromatic carbocycles. The van der Waals surface area contributed by atoms with Crippen molar-refractivity contribution in [3.05, 3.63) is 33.6 Å². The Kier molecular flexibility index (Phi) is 4.50. The Labute approximate surface area is 146 Å². The van der Waals surface area contributed by atoms with Crippen LogP contribution < -0.4 is 4.90 Å². The summed E-state index contributed by atoms with van der Waals surface area (Å²) in [5.74, 6) is -0.841. The molecule has 1 amide bonds. The van der Waals surface area contributed by atoms with Gasteiger partial charge in [0, 0.05) is 27.9 Å². The molecule has 1 fully saturated rings. The first-order valence-corrected chi connectivity index (χ1v) is 8.72. The number of methoxy groups -OCH3 is 1. The van der Waals surface area contributed by atoms with Crippen LogP contribution in [0.1, 0.15) is 11.3 Å². The fraction of sp³-hybridized carbons (Fsp3) is 0.312. The maximum atomic E-state index is 12.2. The number of amides is 1. The molecule has 1 unspecified atom stereocenters. The molecule has 5 nitrogen and oxygen atoms in total. The number of rotatable bonds is 3. The highest BCUT2D eigenvalue weighted by Crippen LogP contribution is 2.35. The summed E-state index contributed by atoms with van der Waals surface area (Å²) in [6.07, 6.45) is 0.179. The Hall–Kier alpha value is -1.73. The van der Waals surface area contributed by atoms with E-state index in [9.17, 15) is 9.59 Å². The maximum Gasteiger partial charge on any atom is 0.311 e. The monoisotopic (exact) mass is 394 g/mol. The van der Waals surface area contributed by atoms with Gasteiger partial charge >= 0.3 is 5.97 Å². The summed E-state index contributed by atoms with van der Waals surface area (Å²) in [7, 11) is 1.34. The highest BCUT2D eigenvalue weighted by Gasteiger charge is 2.37. The fourth-order valence-electron chi connectivity index (χ4n) is 2.59. The minimum absolute atomic E-state index is 0.0866. The van der Waals surface area contributed by atoms with E-state index >= 15 is 0 Å². The molecule has 1 aliphatic rings. The molecule has 2 aromatic rings. The molecule has 1 atom stereocenters. The van der Waals surface area contributed by atoms with E-state index in [2.05, 4.69) is 20.9 Å². The Morgan fingerprint density at radius 2 is 2.09 bits per heavy atom. The number of aromatic nitrogens is 1. The van der Waals surface area contributed by atoms with E-state index in [4.69, 9.17) is 4.74 Å². The standard InChI is InChI=1S/C16H15BrN2O3S/c1-9-14(10-3-5-12(17)6-4-10)18-16(23-9)19-8-11(7-13(19)20)15(21)22-2/h3-6,11H,7-8H2,1-2H3. The Morgan fingerprint density at radius 1 is 1.39 bits per heavy atom. The third kappa shape index (κ3) is 3.16. The highest BCUT2D eigenvalue weighted by molar-refractivity contribution is 9.10. The summed E-state index contributed by atoms with van der Waals surface area (Å²) in [6, 6.07) is 7.89. The third-order valence-corrected chi connectivity index (χ3v) is 5.32. The van der Waals surface area contributed by atoms with Crippen LogP contribution in [0.15, 0.2) is 28.7 Å². The average Bonchev–Trinajstić information content (AvgIpc) is 3.10. The normalized spacial score (nSPS) is 17.6. The van der Waals surface area contributed by atoms with Crippen LogP contribution in [0.5, 0.6) is 0 Å². The van der Waals surface area contributed by atoms with Gasteiger partial charge < -0.3 is 4.74 Å². The first-order chi connectivity index (χ1) is 11.0. The van der Waals surface area contributed by atoms with Gasteiger partial charge in [0.1, 0.15) is 0 Å². The van der Waals surface area contributed by atoms with Gasteiger partial charge in [-0.1, -0.05) is 28.1 Å². The number of hydrogen-bond donors (Lipinski definition) is 0. The van der Waals surface area contributed by atoms with Gasteiger partial charge in [0.05, 0.1) is 18.7 Å². The molecule has 0 saturated carbocycles.